The van der Waals surface area contributed by atoms with Crippen LogP contribution < -0.4 is 10.4 Å². The Hall–Kier alpha value is -1.91. The Bertz CT molecular complexity index is 804. The highest BCUT2D eigenvalue weighted by Crippen LogP contribution is 2.26. The van der Waals surface area contributed by atoms with Gasteiger partial charge in [0.25, 0.3) is 0 Å². The SMILES string of the molecule is C[Si](C)(C)c1ccc(-c2cccc(-c3ccc([Si](C)(C)C)cc3)c2)cc1. The lowest BCUT2D eigenvalue weighted by Gasteiger charge is -2.17. The van der Waals surface area contributed by atoms with Gasteiger partial charge in [-0.15, -0.1) is 0 Å². The van der Waals surface area contributed by atoms with E-state index < -0.39 is 16.1 Å². The molecule has 0 aliphatic carbocycles. The summed E-state index contributed by atoms with van der Waals surface area (Å²) >= 11 is 0. The molecule has 3 rings (SSSR count). The summed E-state index contributed by atoms with van der Waals surface area (Å²) < 4.78 is 0. The van der Waals surface area contributed by atoms with Crippen molar-refractivity contribution in [2.75, 3.05) is 0 Å². The van der Waals surface area contributed by atoms with Crippen LogP contribution in [0.3, 0.4) is 0 Å². The second-order valence-electron chi connectivity index (χ2n) is 9.24. The molecule has 0 amide bonds. The quantitative estimate of drug-likeness (QED) is 0.483. The standard InChI is InChI=1S/C24H30Si2/c1-25(2,3)23-14-10-19(11-15-23)21-8-7-9-22(18-21)20-12-16-24(17-13-20)26(4,5)6/h7-18H,1-6H3. The summed E-state index contributed by atoms with van der Waals surface area (Å²) in [4.78, 5) is 0. The zero-order chi connectivity index (χ0) is 18.9. The summed E-state index contributed by atoms with van der Waals surface area (Å²) in [5, 5.41) is 3.03. The molecule has 0 atom stereocenters. The van der Waals surface area contributed by atoms with Crippen molar-refractivity contribution < 1.29 is 0 Å². The van der Waals surface area contributed by atoms with Gasteiger partial charge in [0.2, 0.25) is 0 Å². The van der Waals surface area contributed by atoms with Gasteiger partial charge in [-0.25, -0.2) is 0 Å². The molecular weight excluding hydrogens is 344 g/mol. The van der Waals surface area contributed by atoms with Crippen LogP contribution in [-0.2, 0) is 0 Å². The van der Waals surface area contributed by atoms with Crippen LogP contribution in [0, 0.1) is 0 Å². The smallest absolute Gasteiger partial charge is 0.0656 e. The number of rotatable bonds is 4. The highest BCUT2D eigenvalue weighted by molar-refractivity contribution is 6.89. The predicted molar refractivity (Wildman–Crippen MR) is 123 cm³/mol. The number of benzene rings is 3. The monoisotopic (exact) mass is 374 g/mol. The van der Waals surface area contributed by atoms with Gasteiger partial charge in [-0.05, 0) is 28.3 Å². The van der Waals surface area contributed by atoms with Crippen molar-refractivity contribution in [3.8, 4) is 22.3 Å². The van der Waals surface area contributed by atoms with E-state index in [0.717, 1.165) is 0 Å². The Kier molecular flexibility index (Phi) is 5.09. The lowest BCUT2D eigenvalue weighted by atomic mass is 9.99. The first-order chi connectivity index (χ1) is 12.1. The van der Waals surface area contributed by atoms with Crippen molar-refractivity contribution in [1.29, 1.82) is 0 Å². The van der Waals surface area contributed by atoms with Crippen molar-refractivity contribution in [1.82, 2.24) is 0 Å². The van der Waals surface area contributed by atoms with E-state index >= 15 is 0 Å². The number of hydrogen-bond acceptors (Lipinski definition) is 0. The minimum Gasteiger partial charge on any atom is -0.0656 e. The molecule has 0 nitrogen and oxygen atoms in total. The van der Waals surface area contributed by atoms with Crippen molar-refractivity contribution in [3.05, 3.63) is 72.8 Å². The fourth-order valence-electron chi connectivity index (χ4n) is 3.20. The van der Waals surface area contributed by atoms with Gasteiger partial charge < -0.3 is 0 Å². The maximum absolute atomic E-state index is 2.40. The zero-order valence-corrected chi connectivity index (χ0v) is 18.9. The first kappa shape index (κ1) is 18.9. The summed E-state index contributed by atoms with van der Waals surface area (Å²) in [6.45, 7) is 14.4. The first-order valence-corrected chi connectivity index (χ1v) is 16.5. The van der Waals surface area contributed by atoms with Crippen LogP contribution in [0.25, 0.3) is 22.3 Å². The summed E-state index contributed by atoms with van der Waals surface area (Å²) in [5.74, 6) is 0. The Morgan fingerprint density at radius 2 is 0.769 bits per heavy atom. The molecule has 0 saturated heterocycles. The third-order valence-corrected chi connectivity index (χ3v) is 9.16. The number of hydrogen-bond donors (Lipinski definition) is 0. The van der Waals surface area contributed by atoms with Crippen LogP contribution in [-0.4, -0.2) is 16.1 Å². The van der Waals surface area contributed by atoms with E-state index in [1.807, 2.05) is 0 Å². The van der Waals surface area contributed by atoms with Gasteiger partial charge >= 0.3 is 0 Å². The minimum atomic E-state index is -1.24. The van der Waals surface area contributed by atoms with Gasteiger partial charge in [-0.3, -0.25) is 0 Å². The molecule has 0 unspecified atom stereocenters. The van der Waals surface area contributed by atoms with Crippen LogP contribution in [0.4, 0.5) is 0 Å². The van der Waals surface area contributed by atoms with Crippen LogP contribution >= 0.6 is 0 Å². The van der Waals surface area contributed by atoms with Gasteiger partial charge in [0.05, 0.1) is 16.1 Å². The Balaban J connectivity index is 1.91. The second-order valence-corrected chi connectivity index (χ2v) is 19.4. The molecule has 134 valence electrons. The average Bonchev–Trinajstić information content (AvgIpc) is 2.61. The Morgan fingerprint density at radius 1 is 0.423 bits per heavy atom. The summed E-state index contributed by atoms with van der Waals surface area (Å²) in [6.07, 6.45) is 0. The van der Waals surface area contributed by atoms with Crippen molar-refractivity contribution in [2.45, 2.75) is 39.3 Å². The van der Waals surface area contributed by atoms with E-state index in [2.05, 4.69) is 112 Å². The Labute approximate surface area is 160 Å². The van der Waals surface area contributed by atoms with E-state index in [4.69, 9.17) is 0 Å². The first-order valence-electron chi connectivity index (χ1n) is 9.46. The summed E-state index contributed by atoms with van der Waals surface area (Å²) in [5.41, 5.74) is 5.18. The van der Waals surface area contributed by atoms with Gasteiger partial charge in [0, 0.05) is 0 Å². The summed E-state index contributed by atoms with van der Waals surface area (Å²) in [6, 6.07) is 27.3. The molecule has 0 N–H and O–H groups in total. The maximum atomic E-state index is 2.40. The molecule has 3 aromatic carbocycles. The third kappa shape index (κ3) is 4.25. The Morgan fingerprint density at radius 3 is 1.08 bits per heavy atom. The topological polar surface area (TPSA) is 0 Å². The van der Waals surface area contributed by atoms with E-state index in [-0.39, 0.29) is 0 Å². The molecule has 2 heteroatoms. The molecule has 0 aliphatic heterocycles. The molecule has 0 fully saturated rings. The lowest BCUT2D eigenvalue weighted by molar-refractivity contribution is 1.59. The molecular formula is C24H30Si2. The van der Waals surface area contributed by atoms with Gasteiger partial charge in [-0.2, -0.15) is 0 Å². The van der Waals surface area contributed by atoms with Crippen LogP contribution in [0.15, 0.2) is 72.8 Å². The fraction of sp³-hybridized carbons (Fsp3) is 0.250. The van der Waals surface area contributed by atoms with Gasteiger partial charge in [0.1, 0.15) is 0 Å². The van der Waals surface area contributed by atoms with Crippen LogP contribution in [0.2, 0.25) is 39.3 Å². The average molecular weight is 375 g/mol. The van der Waals surface area contributed by atoms with Gasteiger partial charge in [-0.1, -0.05) is 116 Å². The largest absolute Gasteiger partial charge is 0.0775 e. The van der Waals surface area contributed by atoms with E-state index in [0.29, 0.717) is 0 Å². The van der Waals surface area contributed by atoms with Crippen molar-refractivity contribution in [2.24, 2.45) is 0 Å². The van der Waals surface area contributed by atoms with Crippen molar-refractivity contribution in [3.63, 3.8) is 0 Å². The fourth-order valence-corrected chi connectivity index (χ4v) is 5.54. The summed E-state index contributed by atoms with van der Waals surface area (Å²) in [7, 11) is -2.48. The molecule has 3 aromatic rings. The molecule has 0 saturated carbocycles. The molecule has 0 bridgehead atoms. The molecule has 0 aliphatic rings. The van der Waals surface area contributed by atoms with E-state index in [1.54, 1.807) is 0 Å². The predicted octanol–water partition coefficient (Wildman–Crippen LogP) is 6.11. The zero-order valence-electron chi connectivity index (χ0n) is 16.9. The minimum absolute atomic E-state index is 1.24. The molecule has 0 spiro atoms. The molecule has 0 aromatic heterocycles. The molecule has 26 heavy (non-hydrogen) atoms. The highest BCUT2D eigenvalue weighted by atomic mass is 28.3. The van der Waals surface area contributed by atoms with E-state index in [1.165, 1.54) is 32.6 Å². The lowest BCUT2D eigenvalue weighted by Crippen LogP contribution is -2.37. The van der Waals surface area contributed by atoms with Gasteiger partial charge in [0.15, 0.2) is 0 Å². The third-order valence-electron chi connectivity index (χ3n) is 5.03. The van der Waals surface area contributed by atoms with E-state index in [9.17, 15) is 0 Å². The normalized spacial score (nSPS) is 12.2. The highest BCUT2D eigenvalue weighted by Gasteiger charge is 2.17. The second kappa shape index (κ2) is 7.01. The van der Waals surface area contributed by atoms with Crippen LogP contribution in [0.1, 0.15) is 0 Å². The van der Waals surface area contributed by atoms with Crippen LogP contribution in [0.5, 0.6) is 0 Å². The van der Waals surface area contributed by atoms with Crippen molar-refractivity contribution >= 4 is 26.5 Å². The molecule has 0 radical (unpaired) electrons. The molecule has 0 heterocycles. The maximum Gasteiger partial charge on any atom is 0.0775 e.